The summed E-state index contributed by atoms with van der Waals surface area (Å²) in [5.41, 5.74) is 9.55. The maximum absolute atomic E-state index is 9.58. The summed E-state index contributed by atoms with van der Waals surface area (Å²) in [7, 11) is 0. The minimum Gasteiger partial charge on any atom is -0.350 e. The van der Waals surface area contributed by atoms with Gasteiger partial charge in [0.25, 0.3) is 0 Å². The highest BCUT2D eigenvalue weighted by Crippen LogP contribution is 2.42. The van der Waals surface area contributed by atoms with Crippen LogP contribution < -0.4 is 10.6 Å². The molecule has 0 aliphatic carbocycles. The highest BCUT2D eigenvalue weighted by atomic mass is 32.1. The topological polar surface area (TPSA) is 65.1 Å². The predicted molar refractivity (Wildman–Crippen MR) is 215 cm³/mol. The molecule has 2 N–H and O–H groups in total. The van der Waals surface area contributed by atoms with E-state index in [9.17, 15) is 5.26 Å². The number of amidine groups is 1. The van der Waals surface area contributed by atoms with Crippen molar-refractivity contribution in [3.05, 3.63) is 186 Å². The van der Waals surface area contributed by atoms with Gasteiger partial charge in [-0.15, -0.1) is 11.3 Å². The van der Waals surface area contributed by atoms with Gasteiger partial charge in [-0.05, 0) is 76.9 Å². The average molecular weight is 686 g/mol. The molecule has 0 radical (unpaired) electrons. The van der Waals surface area contributed by atoms with Crippen molar-refractivity contribution >= 4 is 59.2 Å². The summed E-state index contributed by atoms with van der Waals surface area (Å²) in [6.07, 6.45) is -0.485. The first kappa shape index (κ1) is 30.3. The van der Waals surface area contributed by atoms with Gasteiger partial charge in [-0.1, -0.05) is 109 Å². The van der Waals surface area contributed by atoms with Crippen LogP contribution >= 0.6 is 11.3 Å². The van der Waals surface area contributed by atoms with Crippen LogP contribution in [0.5, 0.6) is 0 Å². The molecule has 0 fully saturated rings. The standard InChI is InChI=1S/C46H31N5S/c47-28-29-10-8-13-33(26-29)46-49-44(30-11-2-1-3-12-30)48-45(50-46)31-20-23-34(24-21-31)51-40-18-6-4-14-36(40)37-25-22-32(27-41(37)51)35-16-9-17-39-38-15-5-7-19-42(38)52-43(35)39/h1-27,44,46,49H,(H,48,50). The van der Waals surface area contributed by atoms with E-state index in [1.165, 1.54) is 53.1 Å². The third-order valence-electron chi connectivity index (χ3n) is 10.1. The fourth-order valence-corrected chi connectivity index (χ4v) is 8.87. The van der Waals surface area contributed by atoms with Gasteiger partial charge in [-0.2, -0.15) is 5.26 Å². The number of rotatable bonds is 5. The highest BCUT2D eigenvalue weighted by molar-refractivity contribution is 7.26. The summed E-state index contributed by atoms with van der Waals surface area (Å²) in [5, 5.41) is 21.9. The monoisotopic (exact) mass is 685 g/mol. The van der Waals surface area contributed by atoms with Crippen LogP contribution in [0, 0.1) is 11.3 Å². The SMILES string of the molecule is N#Cc1cccc(C2N=C(c3ccc(-n4c5ccccc5c5ccc(-c6cccc7c6sc6ccccc67)cc54)cc3)NC(c3ccccc3)N2)c1. The lowest BCUT2D eigenvalue weighted by Gasteiger charge is -2.32. The number of para-hydroxylation sites is 1. The van der Waals surface area contributed by atoms with Crippen LogP contribution in [-0.2, 0) is 0 Å². The second-order valence-corrected chi connectivity index (χ2v) is 14.2. The summed E-state index contributed by atoms with van der Waals surface area (Å²) in [6.45, 7) is 0. The van der Waals surface area contributed by atoms with Crippen molar-refractivity contribution in [1.82, 2.24) is 15.2 Å². The Bertz CT molecular complexity index is 2880. The Hall–Kier alpha value is -6.52. The number of aromatic nitrogens is 1. The lowest BCUT2D eigenvalue weighted by atomic mass is 10.0. The molecule has 3 heterocycles. The van der Waals surface area contributed by atoms with Crippen LogP contribution in [0.2, 0.25) is 0 Å². The lowest BCUT2D eigenvalue weighted by molar-refractivity contribution is 0.409. The number of thiophene rings is 1. The van der Waals surface area contributed by atoms with E-state index in [1.807, 2.05) is 53.8 Å². The largest absolute Gasteiger partial charge is 0.350 e. The van der Waals surface area contributed by atoms with E-state index < -0.39 is 0 Å². The minimum absolute atomic E-state index is 0.162. The van der Waals surface area contributed by atoms with E-state index in [0.29, 0.717) is 5.56 Å². The van der Waals surface area contributed by atoms with Gasteiger partial charge in [-0.3, -0.25) is 5.32 Å². The number of fused-ring (bicyclic) bond motifs is 6. The smallest absolute Gasteiger partial charge is 0.131 e. The first-order chi connectivity index (χ1) is 25.7. The van der Waals surface area contributed by atoms with E-state index in [0.717, 1.165) is 28.2 Å². The van der Waals surface area contributed by atoms with Crippen LogP contribution in [-0.4, -0.2) is 10.4 Å². The predicted octanol–water partition coefficient (Wildman–Crippen LogP) is 11.0. The van der Waals surface area contributed by atoms with Gasteiger partial charge in [0.2, 0.25) is 0 Å². The molecule has 9 aromatic rings. The summed E-state index contributed by atoms with van der Waals surface area (Å²) in [5.74, 6) is 0.799. The van der Waals surface area contributed by atoms with Crippen molar-refractivity contribution in [2.24, 2.45) is 4.99 Å². The van der Waals surface area contributed by atoms with Crippen molar-refractivity contribution in [1.29, 1.82) is 5.26 Å². The van der Waals surface area contributed by atoms with Crippen LogP contribution in [0.3, 0.4) is 0 Å². The van der Waals surface area contributed by atoms with Gasteiger partial charge < -0.3 is 9.88 Å². The molecule has 52 heavy (non-hydrogen) atoms. The first-order valence-corrected chi connectivity index (χ1v) is 18.2. The van der Waals surface area contributed by atoms with E-state index in [4.69, 9.17) is 4.99 Å². The second-order valence-electron chi connectivity index (χ2n) is 13.2. The third kappa shape index (κ3) is 5.06. The number of nitriles is 1. The van der Waals surface area contributed by atoms with Gasteiger partial charge in [0, 0.05) is 42.2 Å². The highest BCUT2D eigenvalue weighted by Gasteiger charge is 2.26. The average Bonchev–Trinajstić information content (AvgIpc) is 3.77. The maximum Gasteiger partial charge on any atom is 0.131 e. The molecule has 5 nitrogen and oxygen atoms in total. The zero-order chi connectivity index (χ0) is 34.6. The van der Waals surface area contributed by atoms with Crippen LogP contribution in [0.1, 0.15) is 34.6 Å². The molecule has 0 saturated heterocycles. The molecule has 2 aromatic heterocycles. The van der Waals surface area contributed by atoms with Crippen molar-refractivity contribution in [2.75, 3.05) is 0 Å². The van der Waals surface area contributed by atoms with Crippen LogP contribution in [0.15, 0.2) is 169 Å². The number of benzene rings is 7. The van der Waals surface area contributed by atoms with Crippen LogP contribution in [0.4, 0.5) is 0 Å². The minimum atomic E-state index is -0.324. The number of nitrogens with zero attached hydrogens (tertiary/aromatic N) is 3. The van der Waals surface area contributed by atoms with Gasteiger partial charge in [0.15, 0.2) is 0 Å². The molecule has 7 aromatic carbocycles. The maximum atomic E-state index is 9.58. The van der Waals surface area contributed by atoms with E-state index in [1.54, 1.807) is 0 Å². The fourth-order valence-electron chi connectivity index (χ4n) is 7.63. The Morgan fingerprint density at radius 2 is 1.31 bits per heavy atom. The summed E-state index contributed by atoms with van der Waals surface area (Å²) in [6, 6.07) is 59.9. The molecule has 10 rings (SSSR count). The molecular formula is C46H31N5S. The number of hydrogen-bond acceptors (Lipinski definition) is 5. The fraction of sp³-hybridized carbons (Fsp3) is 0.0435. The van der Waals surface area contributed by atoms with Gasteiger partial charge in [0.1, 0.15) is 18.2 Å². The van der Waals surface area contributed by atoms with E-state index in [-0.39, 0.29) is 12.3 Å². The molecule has 1 aliphatic heterocycles. The van der Waals surface area contributed by atoms with Crippen molar-refractivity contribution < 1.29 is 0 Å². The van der Waals surface area contributed by atoms with Gasteiger partial charge in [0.05, 0.1) is 22.7 Å². The quantitative estimate of drug-likeness (QED) is 0.190. The Balaban J connectivity index is 1.08. The molecule has 1 aliphatic rings. The number of hydrogen-bond donors (Lipinski definition) is 2. The Morgan fingerprint density at radius 1 is 0.596 bits per heavy atom. The van der Waals surface area contributed by atoms with Crippen molar-refractivity contribution in [3.63, 3.8) is 0 Å². The van der Waals surface area contributed by atoms with Gasteiger partial charge >= 0.3 is 0 Å². The Kier molecular flexibility index (Phi) is 7.21. The zero-order valence-corrected chi connectivity index (χ0v) is 28.8. The lowest BCUT2D eigenvalue weighted by Crippen LogP contribution is -2.44. The Morgan fingerprint density at radius 3 is 2.17 bits per heavy atom. The molecule has 0 amide bonds. The molecule has 6 heteroatoms. The number of nitrogens with one attached hydrogen (secondary N) is 2. The van der Waals surface area contributed by atoms with E-state index in [2.05, 4.69) is 143 Å². The molecule has 2 unspecified atom stereocenters. The summed E-state index contributed by atoms with van der Waals surface area (Å²) in [4.78, 5) is 5.13. The molecular weight excluding hydrogens is 655 g/mol. The molecule has 2 atom stereocenters. The number of aliphatic imine (C=N–C) groups is 1. The first-order valence-electron chi connectivity index (χ1n) is 17.4. The summed E-state index contributed by atoms with van der Waals surface area (Å²) >= 11 is 1.87. The molecule has 0 bridgehead atoms. The third-order valence-corrected chi connectivity index (χ3v) is 11.3. The zero-order valence-electron chi connectivity index (χ0n) is 28.0. The van der Waals surface area contributed by atoms with Crippen molar-refractivity contribution in [3.8, 4) is 22.9 Å². The normalized spacial score (nSPS) is 15.9. The van der Waals surface area contributed by atoms with E-state index >= 15 is 0 Å². The molecule has 0 saturated carbocycles. The van der Waals surface area contributed by atoms with Crippen LogP contribution in [0.25, 0.3) is 58.8 Å². The summed E-state index contributed by atoms with van der Waals surface area (Å²) < 4.78 is 5.01. The van der Waals surface area contributed by atoms with Gasteiger partial charge in [-0.25, -0.2) is 4.99 Å². The van der Waals surface area contributed by atoms with Crippen molar-refractivity contribution in [2.45, 2.75) is 12.3 Å². The molecule has 246 valence electrons. The molecule has 0 spiro atoms. The second kappa shape index (κ2) is 12.4. The Labute approximate surface area is 304 Å².